The first kappa shape index (κ1) is 12.3. The molecular formula is C11H15NO4. The molecule has 1 unspecified atom stereocenters. The number of amides is 1. The number of carboxylic acids is 1. The van der Waals surface area contributed by atoms with Crippen LogP contribution < -0.4 is 5.32 Å². The lowest BCUT2D eigenvalue weighted by Crippen LogP contribution is -2.44. The van der Waals surface area contributed by atoms with Crippen LogP contribution in [0.1, 0.15) is 30.2 Å². The summed E-state index contributed by atoms with van der Waals surface area (Å²) in [4.78, 5) is 22.5. The van der Waals surface area contributed by atoms with Crippen LogP contribution in [0.15, 0.2) is 16.5 Å². The van der Waals surface area contributed by atoms with E-state index in [-0.39, 0.29) is 11.7 Å². The van der Waals surface area contributed by atoms with E-state index in [0.717, 1.165) is 0 Å². The second-order valence-electron chi connectivity index (χ2n) is 3.94. The van der Waals surface area contributed by atoms with Gasteiger partial charge < -0.3 is 14.8 Å². The SMILES string of the molecule is Cc1ccc(C(=O)NC(C(=O)O)C(C)C)o1. The number of rotatable bonds is 4. The lowest BCUT2D eigenvalue weighted by atomic mass is 10.0. The first-order valence-electron chi connectivity index (χ1n) is 5.02. The molecule has 1 amide bonds. The maximum atomic E-state index is 11.6. The number of carbonyl (C=O) groups is 2. The lowest BCUT2D eigenvalue weighted by molar-refractivity contribution is -0.140. The van der Waals surface area contributed by atoms with Crippen molar-refractivity contribution in [2.75, 3.05) is 0 Å². The van der Waals surface area contributed by atoms with Crippen LogP contribution in [0.5, 0.6) is 0 Å². The predicted octanol–water partition coefficient (Wildman–Crippen LogP) is 1.43. The summed E-state index contributed by atoms with van der Waals surface area (Å²) in [6.45, 7) is 5.17. The average molecular weight is 225 g/mol. The minimum absolute atomic E-state index is 0.129. The zero-order valence-corrected chi connectivity index (χ0v) is 9.48. The molecule has 0 aromatic carbocycles. The molecule has 1 rings (SSSR count). The van der Waals surface area contributed by atoms with Gasteiger partial charge >= 0.3 is 5.97 Å². The number of aryl methyl sites for hydroxylation is 1. The maximum absolute atomic E-state index is 11.6. The summed E-state index contributed by atoms with van der Waals surface area (Å²) in [7, 11) is 0. The molecule has 0 aliphatic rings. The Balaban J connectivity index is 2.73. The molecule has 5 heteroatoms. The number of aliphatic carboxylic acids is 1. The van der Waals surface area contributed by atoms with Crippen LogP contribution in [0.2, 0.25) is 0 Å². The van der Waals surface area contributed by atoms with Gasteiger partial charge in [0.15, 0.2) is 5.76 Å². The first-order valence-corrected chi connectivity index (χ1v) is 5.02. The fraction of sp³-hybridized carbons (Fsp3) is 0.455. The standard InChI is InChI=1S/C11H15NO4/c1-6(2)9(11(14)15)12-10(13)8-5-4-7(3)16-8/h4-6,9H,1-3H3,(H,12,13)(H,14,15). The minimum atomic E-state index is -1.05. The van der Waals surface area contributed by atoms with E-state index in [9.17, 15) is 9.59 Å². The molecule has 1 aromatic rings. The highest BCUT2D eigenvalue weighted by atomic mass is 16.4. The number of carbonyl (C=O) groups excluding carboxylic acids is 1. The average Bonchev–Trinajstić information content (AvgIpc) is 2.59. The monoisotopic (exact) mass is 225 g/mol. The molecule has 0 aliphatic heterocycles. The Morgan fingerprint density at radius 3 is 2.38 bits per heavy atom. The Bertz CT molecular complexity index is 394. The van der Waals surface area contributed by atoms with Crippen LogP contribution in [0, 0.1) is 12.8 Å². The third-order valence-electron chi connectivity index (χ3n) is 2.18. The van der Waals surface area contributed by atoms with E-state index in [0.29, 0.717) is 5.76 Å². The molecule has 5 nitrogen and oxygen atoms in total. The molecule has 1 atom stereocenters. The Morgan fingerprint density at radius 2 is 2.00 bits per heavy atom. The van der Waals surface area contributed by atoms with Crippen molar-refractivity contribution in [2.24, 2.45) is 5.92 Å². The molecule has 0 saturated carbocycles. The van der Waals surface area contributed by atoms with Crippen LogP contribution in [-0.4, -0.2) is 23.0 Å². The Labute approximate surface area is 93.4 Å². The fourth-order valence-corrected chi connectivity index (χ4v) is 1.28. The smallest absolute Gasteiger partial charge is 0.326 e. The van der Waals surface area contributed by atoms with Gasteiger partial charge in [0, 0.05) is 0 Å². The highest BCUT2D eigenvalue weighted by Gasteiger charge is 2.24. The molecule has 16 heavy (non-hydrogen) atoms. The van der Waals surface area contributed by atoms with Crippen molar-refractivity contribution in [3.63, 3.8) is 0 Å². The zero-order valence-electron chi connectivity index (χ0n) is 9.48. The molecule has 2 N–H and O–H groups in total. The van der Waals surface area contributed by atoms with Crippen LogP contribution in [0.4, 0.5) is 0 Å². The largest absolute Gasteiger partial charge is 0.480 e. The van der Waals surface area contributed by atoms with Gasteiger partial charge in [0.05, 0.1) is 0 Å². The number of carboxylic acid groups (broad SMARTS) is 1. The van der Waals surface area contributed by atoms with E-state index in [2.05, 4.69) is 5.32 Å². The Morgan fingerprint density at radius 1 is 1.38 bits per heavy atom. The molecule has 88 valence electrons. The van der Waals surface area contributed by atoms with Crippen LogP contribution in [0.3, 0.4) is 0 Å². The maximum Gasteiger partial charge on any atom is 0.326 e. The Kier molecular flexibility index (Phi) is 3.71. The molecule has 1 aromatic heterocycles. The van der Waals surface area contributed by atoms with E-state index in [1.165, 1.54) is 6.07 Å². The van der Waals surface area contributed by atoms with Crippen molar-refractivity contribution < 1.29 is 19.1 Å². The Hall–Kier alpha value is -1.78. The zero-order chi connectivity index (χ0) is 12.3. The van der Waals surface area contributed by atoms with Crippen LogP contribution in [-0.2, 0) is 4.79 Å². The van der Waals surface area contributed by atoms with E-state index < -0.39 is 17.9 Å². The summed E-state index contributed by atoms with van der Waals surface area (Å²) in [5, 5.41) is 11.3. The summed E-state index contributed by atoms with van der Waals surface area (Å²) in [6, 6.07) is 2.27. The molecule has 0 bridgehead atoms. The molecule has 0 fully saturated rings. The number of hydrogen-bond acceptors (Lipinski definition) is 3. The summed E-state index contributed by atoms with van der Waals surface area (Å²) >= 11 is 0. The highest BCUT2D eigenvalue weighted by molar-refractivity contribution is 5.94. The van der Waals surface area contributed by atoms with Crippen molar-refractivity contribution in [3.05, 3.63) is 23.7 Å². The van der Waals surface area contributed by atoms with Crippen molar-refractivity contribution in [1.82, 2.24) is 5.32 Å². The molecule has 0 aliphatic carbocycles. The highest BCUT2D eigenvalue weighted by Crippen LogP contribution is 2.08. The van der Waals surface area contributed by atoms with Gasteiger partial charge in [-0.15, -0.1) is 0 Å². The second kappa shape index (κ2) is 4.83. The van der Waals surface area contributed by atoms with Crippen molar-refractivity contribution in [2.45, 2.75) is 26.8 Å². The van der Waals surface area contributed by atoms with Gasteiger partial charge in [-0.3, -0.25) is 4.79 Å². The van der Waals surface area contributed by atoms with Crippen LogP contribution in [0.25, 0.3) is 0 Å². The quantitative estimate of drug-likeness (QED) is 0.812. The van der Waals surface area contributed by atoms with E-state index in [4.69, 9.17) is 9.52 Å². The normalized spacial score (nSPS) is 12.5. The fourth-order valence-electron chi connectivity index (χ4n) is 1.28. The van der Waals surface area contributed by atoms with Gasteiger partial charge in [-0.25, -0.2) is 4.79 Å². The van der Waals surface area contributed by atoms with Gasteiger partial charge in [-0.2, -0.15) is 0 Å². The number of furan rings is 1. The summed E-state index contributed by atoms with van der Waals surface area (Å²) in [6.07, 6.45) is 0. The lowest BCUT2D eigenvalue weighted by Gasteiger charge is -2.16. The molecule has 0 spiro atoms. The predicted molar refractivity (Wildman–Crippen MR) is 57.2 cm³/mol. The van der Waals surface area contributed by atoms with E-state index >= 15 is 0 Å². The summed E-state index contributed by atoms with van der Waals surface area (Å²) in [5.41, 5.74) is 0. The molecular weight excluding hydrogens is 210 g/mol. The van der Waals surface area contributed by atoms with Gasteiger partial charge in [0.2, 0.25) is 0 Å². The van der Waals surface area contributed by atoms with Crippen molar-refractivity contribution in [1.29, 1.82) is 0 Å². The third-order valence-corrected chi connectivity index (χ3v) is 2.18. The van der Waals surface area contributed by atoms with Crippen LogP contribution >= 0.6 is 0 Å². The molecule has 1 heterocycles. The van der Waals surface area contributed by atoms with E-state index in [1.807, 2.05) is 0 Å². The molecule has 0 saturated heterocycles. The van der Waals surface area contributed by atoms with Crippen molar-refractivity contribution >= 4 is 11.9 Å². The van der Waals surface area contributed by atoms with E-state index in [1.54, 1.807) is 26.8 Å². The van der Waals surface area contributed by atoms with Gasteiger partial charge in [-0.05, 0) is 25.0 Å². The van der Waals surface area contributed by atoms with Gasteiger partial charge in [0.1, 0.15) is 11.8 Å². The molecule has 0 radical (unpaired) electrons. The summed E-state index contributed by atoms with van der Waals surface area (Å²) < 4.78 is 5.10. The summed E-state index contributed by atoms with van der Waals surface area (Å²) in [5.74, 6) is -0.996. The van der Waals surface area contributed by atoms with Crippen molar-refractivity contribution in [3.8, 4) is 0 Å². The number of hydrogen-bond donors (Lipinski definition) is 2. The first-order chi connectivity index (χ1) is 7.41. The third kappa shape index (κ3) is 2.85. The van der Waals surface area contributed by atoms with Gasteiger partial charge in [-0.1, -0.05) is 13.8 Å². The minimum Gasteiger partial charge on any atom is -0.480 e. The number of nitrogens with one attached hydrogen (secondary N) is 1. The topological polar surface area (TPSA) is 79.5 Å². The van der Waals surface area contributed by atoms with Gasteiger partial charge in [0.25, 0.3) is 5.91 Å². The second-order valence-corrected chi connectivity index (χ2v) is 3.94.